The molecule has 3 rings (SSSR count). The van der Waals surface area contributed by atoms with Crippen molar-refractivity contribution in [1.82, 2.24) is 5.32 Å². The average Bonchev–Trinajstić information content (AvgIpc) is 2.49. The molecule has 0 aliphatic carbocycles. The molecule has 3 heteroatoms. The first-order valence-electron chi connectivity index (χ1n) is 6.95. The molecule has 0 saturated heterocycles. The van der Waals surface area contributed by atoms with E-state index in [0.717, 1.165) is 23.9 Å². The normalized spacial score (nSPS) is 16.6. The van der Waals surface area contributed by atoms with E-state index < -0.39 is 0 Å². The van der Waals surface area contributed by atoms with Gasteiger partial charge in [-0.2, -0.15) is 0 Å². The van der Waals surface area contributed by atoms with E-state index in [1.165, 1.54) is 21.9 Å². The Morgan fingerprint density at radius 2 is 1.95 bits per heavy atom. The second-order valence-corrected chi connectivity index (χ2v) is 6.06. The van der Waals surface area contributed by atoms with Crippen LogP contribution in [0.1, 0.15) is 24.4 Å². The lowest BCUT2D eigenvalue weighted by molar-refractivity contribution is 0.220. The van der Waals surface area contributed by atoms with Gasteiger partial charge in [-0.25, -0.2) is 0 Å². The lowest BCUT2D eigenvalue weighted by Crippen LogP contribution is -2.20. The monoisotopic (exact) mass is 331 g/mol. The second kappa shape index (κ2) is 5.98. The van der Waals surface area contributed by atoms with Crippen LogP contribution in [0.15, 0.2) is 52.7 Å². The summed E-state index contributed by atoms with van der Waals surface area (Å²) in [5.41, 5.74) is 2.62. The van der Waals surface area contributed by atoms with Crippen molar-refractivity contribution in [2.24, 2.45) is 0 Å². The van der Waals surface area contributed by atoms with Crippen LogP contribution in [0, 0.1) is 0 Å². The summed E-state index contributed by atoms with van der Waals surface area (Å²) in [4.78, 5) is 0. The second-order valence-electron chi connectivity index (χ2n) is 5.14. The SMILES string of the molecule is CNC(C1=COCCC1)c1ccc2cc(Br)ccc2c1. The summed E-state index contributed by atoms with van der Waals surface area (Å²) in [5, 5.41) is 5.93. The Hall–Kier alpha value is -1.32. The third-order valence-corrected chi connectivity index (χ3v) is 4.27. The molecule has 1 aliphatic rings. The van der Waals surface area contributed by atoms with Crippen LogP contribution in [0.2, 0.25) is 0 Å². The molecule has 0 spiro atoms. The third kappa shape index (κ3) is 2.74. The summed E-state index contributed by atoms with van der Waals surface area (Å²) in [6.45, 7) is 0.839. The maximum absolute atomic E-state index is 5.48. The van der Waals surface area contributed by atoms with Gasteiger partial charge in [0.2, 0.25) is 0 Å². The van der Waals surface area contributed by atoms with E-state index in [1.54, 1.807) is 0 Å². The molecular formula is C17H18BrNO. The Balaban J connectivity index is 1.99. The Morgan fingerprint density at radius 1 is 1.15 bits per heavy atom. The van der Waals surface area contributed by atoms with Crippen molar-refractivity contribution in [3.05, 3.63) is 58.3 Å². The molecule has 0 aromatic heterocycles. The first kappa shape index (κ1) is 13.7. The predicted molar refractivity (Wildman–Crippen MR) is 86.7 cm³/mol. The zero-order valence-electron chi connectivity index (χ0n) is 11.5. The molecular weight excluding hydrogens is 314 g/mol. The Labute approximate surface area is 128 Å². The van der Waals surface area contributed by atoms with E-state index in [1.807, 2.05) is 13.3 Å². The van der Waals surface area contributed by atoms with Crippen molar-refractivity contribution in [2.45, 2.75) is 18.9 Å². The zero-order valence-corrected chi connectivity index (χ0v) is 13.1. The molecule has 1 N–H and O–H groups in total. The number of fused-ring (bicyclic) bond motifs is 1. The quantitative estimate of drug-likeness (QED) is 0.890. The highest BCUT2D eigenvalue weighted by Crippen LogP contribution is 2.30. The summed E-state index contributed by atoms with van der Waals surface area (Å²) in [6, 6.07) is 13.3. The minimum atomic E-state index is 0.239. The topological polar surface area (TPSA) is 21.3 Å². The fraction of sp³-hybridized carbons (Fsp3) is 0.294. The number of benzene rings is 2. The number of likely N-dealkylation sites (N-methyl/N-ethyl adjacent to an activating group) is 1. The molecule has 0 saturated carbocycles. The molecule has 1 unspecified atom stereocenters. The highest BCUT2D eigenvalue weighted by molar-refractivity contribution is 9.10. The van der Waals surface area contributed by atoms with Crippen LogP contribution in [0.25, 0.3) is 10.8 Å². The first-order chi connectivity index (χ1) is 9.78. The minimum absolute atomic E-state index is 0.239. The molecule has 2 aromatic carbocycles. The molecule has 1 atom stereocenters. The van der Waals surface area contributed by atoms with Gasteiger partial charge in [0.1, 0.15) is 0 Å². The minimum Gasteiger partial charge on any atom is -0.501 e. The molecule has 0 radical (unpaired) electrons. The van der Waals surface area contributed by atoms with Crippen molar-refractivity contribution < 1.29 is 4.74 Å². The number of halogens is 1. The van der Waals surface area contributed by atoms with Gasteiger partial charge in [0.15, 0.2) is 0 Å². The largest absolute Gasteiger partial charge is 0.501 e. The Morgan fingerprint density at radius 3 is 2.70 bits per heavy atom. The molecule has 20 heavy (non-hydrogen) atoms. The average molecular weight is 332 g/mol. The molecule has 2 nitrogen and oxygen atoms in total. The van der Waals surface area contributed by atoms with Gasteiger partial charge < -0.3 is 10.1 Å². The predicted octanol–water partition coefficient (Wildman–Crippen LogP) is 4.56. The van der Waals surface area contributed by atoms with E-state index in [9.17, 15) is 0 Å². The summed E-state index contributed by atoms with van der Waals surface area (Å²) < 4.78 is 6.60. The molecule has 1 heterocycles. The highest BCUT2D eigenvalue weighted by Gasteiger charge is 2.17. The van der Waals surface area contributed by atoms with Gasteiger partial charge in [-0.3, -0.25) is 0 Å². The van der Waals surface area contributed by atoms with Crippen molar-refractivity contribution >= 4 is 26.7 Å². The number of hydrogen-bond acceptors (Lipinski definition) is 2. The third-order valence-electron chi connectivity index (χ3n) is 3.78. The van der Waals surface area contributed by atoms with E-state index >= 15 is 0 Å². The number of ether oxygens (including phenoxy) is 1. The molecule has 0 fully saturated rings. The van der Waals surface area contributed by atoms with Crippen molar-refractivity contribution in [2.75, 3.05) is 13.7 Å². The van der Waals surface area contributed by atoms with Crippen molar-refractivity contribution in [3.63, 3.8) is 0 Å². The van der Waals surface area contributed by atoms with Crippen LogP contribution in [0.5, 0.6) is 0 Å². The van der Waals surface area contributed by atoms with Gasteiger partial charge in [-0.05, 0) is 60.0 Å². The lowest BCUT2D eigenvalue weighted by atomic mass is 9.94. The van der Waals surface area contributed by atoms with Crippen LogP contribution >= 0.6 is 15.9 Å². The molecule has 104 valence electrons. The lowest BCUT2D eigenvalue weighted by Gasteiger charge is -2.23. The van der Waals surface area contributed by atoms with Gasteiger partial charge in [0.25, 0.3) is 0 Å². The van der Waals surface area contributed by atoms with Gasteiger partial charge in [0, 0.05) is 4.47 Å². The van der Waals surface area contributed by atoms with Crippen LogP contribution in [-0.2, 0) is 4.74 Å². The number of nitrogens with one attached hydrogen (secondary N) is 1. The maximum Gasteiger partial charge on any atom is 0.0876 e. The molecule has 0 bridgehead atoms. The number of hydrogen-bond donors (Lipinski definition) is 1. The van der Waals surface area contributed by atoms with E-state index in [2.05, 4.69) is 57.6 Å². The molecule has 2 aromatic rings. The van der Waals surface area contributed by atoms with Gasteiger partial charge in [-0.15, -0.1) is 0 Å². The van der Waals surface area contributed by atoms with Crippen molar-refractivity contribution in [1.29, 1.82) is 0 Å². The summed E-state index contributed by atoms with van der Waals surface area (Å²) in [6.07, 6.45) is 4.13. The van der Waals surface area contributed by atoms with Crippen LogP contribution < -0.4 is 5.32 Å². The first-order valence-corrected chi connectivity index (χ1v) is 7.74. The van der Waals surface area contributed by atoms with Crippen LogP contribution in [0.3, 0.4) is 0 Å². The van der Waals surface area contributed by atoms with E-state index in [0.29, 0.717) is 0 Å². The standard InChI is InChI=1S/C17H18BrNO/c1-19-17(15-3-2-8-20-11-15)14-5-4-13-10-16(18)7-6-12(13)9-14/h4-7,9-11,17,19H,2-3,8H2,1H3. The summed E-state index contributed by atoms with van der Waals surface area (Å²) >= 11 is 3.52. The van der Waals surface area contributed by atoms with Crippen molar-refractivity contribution in [3.8, 4) is 0 Å². The van der Waals surface area contributed by atoms with Gasteiger partial charge in [-0.1, -0.05) is 34.1 Å². The fourth-order valence-electron chi connectivity index (χ4n) is 2.78. The highest BCUT2D eigenvalue weighted by atomic mass is 79.9. The summed E-state index contributed by atoms with van der Waals surface area (Å²) in [5.74, 6) is 0. The van der Waals surface area contributed by atoms with Crippen LogP contribution in [0.4, 0.5) is 0 Å². The Bertz CT molecular complexity index is 650. The zero-order chi connectivity index (χ0) is 13.9. The fourth-order valence-corrected chi connectivity index (χ4v) is 3.16. The maximum atomic E-state index is 5.48. The smallest absolute Gasteiger partial charge is 0.0876 e. The van der Waals surface area contributed by atoms with Crippen LogP contribution in [-0.4, -0.2) is 13.7 Å². The van der Waals surface area contributed by atoms with E-state index in [-0.39, 0.29) is 6.04 Å². The van der Waals surface area contributed by atoms with E-state index in [4.69, 9.17) is 4.74 Å². The molecule has 1 aliphatic heterocycles. The Kier molecular flexibility index (Phi) is 4.08. The van der Waals surface area contributed by atoms with Gasteiger partial charge in [0.05, 0.1) is 18.9 Å². The summed E-state index contributed by atoms with van der Waals surface area (Å²) in [7, 11) is 2.01. The molecule has 0 amide bonds. The number of rotatable bonds is 3. The van der Waals surface area contributed by atoms with Gasteiger partial charge >= 0.3 is 0 Å².